The lowest BCUT2D eigenvalue weighted by Gasteiger charge is -2.29. The molecule has 10 atom stereocenters. The Kier molecular flexibility index (Phi) is 30.4. The zero-order valence-electron chi connectivity index (χ0n) is 48.3. The molecular formula is C56H85N11O16. The number of carbonyl (C=O) groups is 12. The molecule has 0 saturated heterocycles. The van der Waals surface area contributed by atoms with E-state index >= 15 is 0 Å². The van der Waals surface area contributed by atoms with Gasteiger partial charge in [-0.25, -0.2) is 4.79 Å². The zero-order valence-corrected chi connectivity index (χ0v) is 48.3. The van der Waals surface area contributed by atoms with Crippen molar-refractivity contribution < 1.29 is 78.0 Å². The average molecular weight is 1170 g/mol. The zero-order chi connectivity index (χ0) is 62.7. The van der Waals surface area contributed by atoms with Crippen LogP contribution < -0.4 is 59.3 Å². The minimum Gasteiger partial charge on any atom is -0.508 e. The van der Waals surface area contributed by atoms with Gasteiger partial charge in [-0.05, 0) is 72.6 Å². The van der Waals surface area contributed by atoms with Crippen molar-refractivity contribution >= 4 is 71.0 Å². The maximum absolute atomic E-state index is 14.3. The summed E-state index contributed by atoms with van der Waals surface area (Å²) in [6, 6.07) is 1.26. The van der Waals surface area contributed by atoms with Crippen molar-refractivity contribution in [2.75, 3.05) is 13.2 Å². The second kappa shape index (κ2) is 35.6. The molecule has 0 aromatic heterocycles. The number of nitrogens with two attached hydrogens (primary N) is 2. The first kappa shape index (κ1) is 70.9. The van der Waals surface area contributed by atoms with Gasteiger partial charge in [0.1, 0.15) is 60.1 Å². The summed E-state index contributed by atoms with van der Waals surface area (Å²) >= 11 is 0. The molecular weight excluding hydrogens is 1080 g/mol. The molecule has 10 amide bonds. The molecule has 83 heavy (non-hydrogen) atoms. The van der Waals surface area contributed by atoms with Gasteiger partial charge in [-0.3, -0.25) is 52.7 Å². The van der Waals surface area contributed by atoms with E-state index in [1.807, 2.05) is 0 Å². The predicted octanol–water partition coefficient (Wildman–Crippen LogP) is -1.50. The lowest BCUT2D eigenvalue weighted by atomic mass is 9.98. The Labute approximate surface area is 482 Å². The highest BCUT2D eigenvalue weighted by Gasteiger charge is 2.36. The summed E-state index contributed by atoms with van der Waals surface area (Å²) in [4.78, 5) is 160. The van der Waals surface area contributed by atoms with Crippen molar-refractivity contribution in [1.82, 2.24) is 47.9 Å². The number of aliphatic hydroxyl groups excluding tert-OH is 1. The number of aliphatic hydroxyl groups is 1. The minimum absolute atomic E-state index is 0.0172. The maximum atomic E-state index is 14.3. The molecule has 0 fully saturated rings. The Morgan fingerprint density at radius 3 is 1.41 bits per heavy atom. The third-order valence-corrected chi connectivity index (χ3v) is 13.2. The number of carbonyl (C=O) groups excluding carboxylic acids is 10. The van der Waals surface area contributed by atoms with Crippen molar-refractivity contribution in [3.63, 3.8) is 0 Å². The largest absolute Gasteiger partial charge is 0.508 e. The molecule has 0 aliphatic rings. The minimum atomic E-state index is -1.57. The van der Waals surface area contributed by atoms with Gasteiger partial charge in [-0.2, -0.15) is 0 Å². The molecule has 2 aromatic carbocycles. The first-order valence-corrected chi connectivity index (χ1v) is 27.6. The molecule has 460 valence electrons. The van der Waals surface area contributed by atoms with E-state index in [-0.39, 0.29) is 43.3 Å². The number of primary amides is 1. The van der Waals surface area contributed by atoms with Crippen LogP contribution in [0.4, 0.5) is 0 Å². The number of aromatic hydroxyl groups is 1. The Morgan fingerprint density at radius 2 is 0.940 bits per heavy atom. The van der Waals surface area contributed by atoms with Gasteiger partial charge in [-0.1, -0.05) is 104 Å². The average Bonchev–Trinajstić information content (AvgIpc) is 3.42. The Hall–Kier alpha value is -8.20. The number of phenols is 1. The summed E-state index contributed by atoms with van der Waals surface area (Å²) in [5.41, 5.74) is 12.1. The standard InChI is InChI=1S/C56H85N11O16/c1-9-32(8)47(56(82)83)66-44(71)27-59-49(75)41(25-33-13-11-10-12-14-33)65-55(81)46(31(6)7)67-54(80)40(24-30(4)5)62-50(76)37(19-21-43(58)70)61-52(78)39(23-29(2)3)63-53(79)42(26-34-15-17-35(69)18-16-34)64-51(77)38(20-22-45(72)73)60-48(74)36(57)28-68/h10-18,29-32,36-42,46-47,68-69H,9,19-28,57H2,1-8H3,(H2,58,70)(H,59,75)(H,60,74)(H,61,78)(H,62,76)(H,63,79)(H,64,77)(H,65,81)(H,66,71)(H,67,80)(H,72,73)(H,82,83)/t32-,36-,37-,38-,39-,40-,41-,42-,46-,47-/m0/s1. The lowest BCUT2D eigenvalue weighted by molar-refractivity contribution is -0.143. The van der Waals surface area contributed by atoms with E-state index in [0.717, 1.165) is 0 Å². The highest BCUT2D eigenvalue weighted by Crippen LogP contribution is 2.16. The molecule has 0 spiro atoms. The summed E-state index contributed by atoms with van der Waals surface area (Å²) in [6.45, 7) is 12.2. The number of benzene rings is 2. The number of phenolic OH excluding ortho intramolecular Hbond substituents is 1. The number of carboxylic acid groups (broad SMARTS) is 2. The Balaban J connectivity index is 2.47. The third kappa shape index (κ3) is 26.1. The number of hydrogen-bond acceptors (Lipinski definition) is 15. The van der Waals surface area contributed by atoms with Gasteiger partial charge >= 0.3 is 11.9 Å². The highest BCUT2D eigenvalue weighted by atomic mass is 16.4. The van der Waals surface area contributed by atoms with Crippen LogP contribution in [0.5, 0.6) is 5.75 Å². The summed E-state index contributed by atoms with van der Waals surface area (Å²) in [6.07, 6.45) is -1.87. The summed E-state index contributed by atoms with van der Waals surface area (Å²) in [5, 5.41) is 61.1. The molecule has 0 radical (unpaired) electrons. The fraction of sp³-hybridized carbons (Fsp3) is 0.571. The van der Waals surface area contributed by atoms with Crippen LogP contribution in [0.3, 0.4) is 0 Å². The van der Waals surface area contributed by atoms with Crippen LogP contribution >= 0.6 is 0 Å². The molecule has 0 aliphatic carbocycles. The molecule has 0 aliphatic heterocycles. The smallest absolute Gasteiger partial charge is 0.326 e. The van der Waals surface area contributed by atoms with Gasteiger partial charge in [-0.15, -0.1) is 0 Å². The van der Waals surface area contributed by atoms with E-state index in [2.05, 4.69) is 47.9 Å². The predicted molar refractivity (Wildman–Crippen MR) is 302 cm³/mol. The van der Waals surface area contributed by atoms with Gasteiger partial charge in [0.05, 0.1) is 13.2 Å². The van der Waals surface area contributed by atoms with Crippen LogP contribution in [-0.4, -0.2) is 159 Å². The fourth-order valence-corrected chi connectivity index (χ4v) is 8.33. The second-order valence-electron chi connectivity index (χ2n) is 21.6. The van der Waals surface area contributed by atoms with Crippen LogP contribution in [0.1, 0.15) is 111 Å². The van der Waals surface area contributed by atoms with Crippen molar-refractivity contribution in [1.29, 1.82) is 0 Å². The van der Waals surface area contributed by atoms with Crippen LogP contribution in [-0.2, 0) is 70.4 Å². The van der Waals surface area contributed by atoms with Crippen molar-refractivity contribution in [3.8, 4) is 5.75 Å². The van der Waals surface area contributed by atoms with E-state index < -0.39 is 176 Å². The van der Waals surface area contributed by atoms with Gasteiger partial charge in [0.2, 0.25) is 59.1 Å². The maximum Gasteiger partial charge on any atom is 0.326 e. The lowest BCUT2D eigenvalue weighted by Crippen LogP contribution is -2.61. The van der Waals surface area contributed by atoms with Gasteiger partial charge < -0.3 is 79.7 Å². The highest BCUT2D eigenvalue weighted by molar-refractivity contribution is 5.98. The molecule has 27 heteroatoms. The molecule has 0 saturated carbocycles. The number of rotatable bonds is 37. The van der Waals surface area contributed by atoms with Gasteiger partial charge in [0, 0.05) is 25.7 Å². The van der Waals surface area contributed by atoms with E-state index in [4.69, 9.17) is 11.5 Å². The summed E-state index contributed by atoms with van der Waals surface area (Å²) < 4.78 is 0. The van der Waals surface area contributed by atoms with E-state index in [1.54, 1.807) is 85.7 Å². The molecule has 27 nitrogen and oxygen atoms in total. The molecule has 2 rings (SSSR count). The van der Waals surface area contributed by atoms with Crippen molar-refractivity contribution in [3.05, 3.63) is 65.7 Å². The number of carboxylic acids is 2. The van der Waals surface area contributed by atoms with Gasteiger partial charge in [0.25, 0.3) is 0 Å². The number of amides is 10. The molecule has 17 N–H and O–H groups in total. The monoisotopic (exact) mass is 1170 g/mol. The normalized spacial score (nSPS) is 14.8. The first-order valence-electron chi connectivity index (χ1n) is 27.6. The van der Waals surface area contributed by atoms with Crippen LogP contribution in [0.25, 0.3) is 0 Å². The van der Waals surface area contributed by atoms with E-state index in [0.29, 0.717) is 17.5 Å². The van der Waals surface area contributed by atoms with Crippen LogP contribution in [0, 0.1) is 23.7 Å². The van der Waals surface area contributed by atoms with E-state index in [1.165, 1.54) is 24.3 Å². The van der Waals surface area contributed by atoms with Crippen LogP contribution in [0.2, 0.25) is 0 Å². The summed E-state index contributed by atoms with van der Waals surface area (Å²) in [7, 11) is 0. The molecule has 0 bridgehead atoms. The number of aliphatic carboxylic acids is 2. The number of hydrogen-bond donors (Lipinski definition) is 15. The second-order valence-corrected chi connectivity index (χ2v) is 21.6. The molecule has 0 heterocycles. The first-order chi connectivity index (χ1) is 39.0. The molecule has 0 unspecified atom stereocenters. The van der Waals surface area contributed by atoms with Crippen molar-refractivity contribution in [2.45, 2.75) is 168 Å². The summed E-state index contributed by atoms with van der Waals surface area (Å²) in [5.74, 6) is -13.3. The van der Waals surface area contributed by atoms with Crippen LogP contribution in [0.15, 0.2) is 54.6 Å². The Morgan fingerprint density at radius 1 is 0.506 bits per heavy atom. The topological polar surface area (TPSA) is 446 Å². The third-order valence-electron chi connectivity index (χ3n) is 13.2. The quantitative estimate of drug-likeness (QED) is 0.0366. The SMILES string of the molecule is CC[C@H](C)[C@H](NC(=O)CNC(=O)[C@H](Cc1ccccc1)NC(=O)[C@@H](NC(=O)[C@H](CC(C)C)NC(=O)[C@H](CCC(N)=O)NC(=O)[C@H](CC(C)C)NC(=O)[C@H](Cc1ccc(O)cc1)NC(=O)[C@H](CCC(=O)O)NC(=O)[C@@H](N)CO)C(C)C)C(=O)O. The Bertz CT molecular complexity index is 2530. The van der Waals surface area contributed by atoms with Crippen molar-refractivity contribution in [2.24, 2.45) is 35.1 Å². The molecule has 2 aromatic rings. The van der Waals surface area contributed by atoms with E-state index in [9.17, 15) is 78.0 Å². The van der Waals surface area contributed by atoms with Gasteiger partial charge in [0.15, 0.2) is 0 Å². The fourth-order valence-electron chi connectivity index (χ4n) is 8.33. The number of nitrogens with one attached hydrogen (secondary N) is 9.